The van der Waals surface area contributed by atoms with Gasteiger partial charge in [0, 0.05) is 29.3 Å². The third-order valence-corrected chi connectivity index (χ3v) is 3.69. The predicted octanol–water partition coefficient (Wildman–Crippen LogP) is 2.39. The highest BCUT2D eigenvalue weighted by atomic mass is 15.1. The van der Waals surface area contributed by atoms with Crippen LogP contribution in [-0.2, 0) is 6.42 Å². The summed E-state index contributed by atoms with van der Waals surface area (Å²) in [6, 6.07) is 6.08. The van der Waals surface area contributed by atoms with Crippen LogP contribution in [0.25, 0.3) is 10.9 Å². The van der Waals surface area contributed by atoms with Gasteiger partial charge in [-0.05, 0) is 56.1 Å². The van der Waals surface area contributed by atoms with Crippen LogP contribution in [0, 0.1) is 0 Å². The van der Waals surface area contributed by atoms with Crippen molar-refractivity contribution in [3.63, 3.8) is 0 Å². The van der Waals surface area contributed by atoms with Crippen LogP contribution in [0.5, 0.6) is 0 Å². The number of hydrogen-bond donors (Lipinski definition) is 2. The molecule has 1 saturated heterocycles. The zero-order chi connectivity index (χ0) is 11.7. The Morgan fingerprint density at radius 1 is 1.24 bits per heavy atom. The van der Waals surface area contributed by atoms with E-state index >= 15 is 0 Å². The molecule has 2 heterocycles. The van der Waals surface area contributed by atoms with Crippen molar-refractivity contribution >= 4 is 16.6 Å². The smallest absolute Gasteiger partial charge is 0.0458 e. The highest BCUT2D eigenvalue weighted by Crippen LogP contribution is 2.22. The van der Waals surface area contributed by atoms with Gasteiger partial charge in [0.15, 0.2) is 0 Å². The Morgan fingerprint density at radius 3 is 2.88 bits per heavy atom. The van der Waals surface area contributed by atoms with Gasteiger partial charge in [0.1, 0.15) is 0 Å². The van der Waals surface area contributed by atoms with E-state index in [-0.39, 0.29) is 0 Å². The SMILES string of the molecule is Nc1ccc2[nH]cc(CCN3CCCC3)c2c1. The van der Waals surface area contributed by atoms with Gasteiger partial charge in [-0.15, -0.1) is 0 Å². The molecule has 1 aromatic heterocycles. The average Bonchev–Trinajstić information content (AvgIpc) is 2.94. The maximum absolute atomic E-state index is 5.85. The van der Waals surface area contributed by atoms with Crippen LogP contribution in [0.2, 0.25) is 0 Å². The van der Waals surface area contributed by atoms with Crippen LogP contribution in [0.3, 0.4) is 0 Å². The zero-order valence-corrected chi connectivity index (χ0v) is 10.1. The monoisotopic (exact) mass is 229 g/mol. The van der Waals surface area contributed by atoms with Gasteiger partial charge in [0.2, 0.25) is 0 Å². The minimum atomic E-state index is 0.847. The van der Waals surface area contributed by atoms with Gasteiger partial charge < -0.3 is 15.6 Å². The molecule has 3 N–H and O–H groups in total. The van der Waals surface area contributed by atoms with E-state index in [1.807, 2.05) is 6.07 Å². The molecule has 0 radical (unpaired) electrons. The molecule has 90 valence electrons. The Morgan fingerprint density at radius 2 is 2.06 bits per heavy atom. The van der Waals surface area contributed by atoms with E-state index in [0.717, 1.165) is 12.1 Å². The summed E-state index contributed by atoms with van der Waals surface area (Å²) in [4.78, 5) is 5.86. The molecular formula is C14H19N3. The molecular weight excluding hydrogens is 210 g/mol. The van der Waals surface area contributed by atoms with Crippen molar-refractivity contribution in [2.75, 3.05) is 25.4 Å². The van der Waals surface area contributed by atoms with Crippen molar-refractivity contribution < 1.29 is 0 Å². The molecule has 1 aliphatic heterocycles. The third kappa shape index (κ3) is 2.15. The standard InChI is InChI=1S/C14H19N3/c15-12-3-4-14-13(9-12)11(10-16-14)5-8-17-6-1-2-7-17/h3-4,9-10,16H,1-2,5-8,15H2. The van der Waals surface area contributed by atoms with Gasteiger partial charge in [-0.3, -0.25) is 0 Å². The number of nitrogens with zero attached hydrogens (tertiary/aromatic N) is 1. The number of likely N-dealkylation sites (tertiary alicyclic amines) is 1. The molecule has 0 aliphatic carbocycles. The van der Waals surface area contributed by atoms with E-state index in [4.69, 9.17) is 5.73 Å². The Kier molecular flexibility index (Phi) is 2.77. The number of H-pyrrole nitrogens is 1. The number of nitrogen functional groups attached to an aromatic ring is 1. The minimum Gasteiger partial charge on any atom is -0.399 e. The van der Waals surface area contributed by atoms with E-state index in [0.29, 0.717) is 0 Å². The summed E-state index contributed by atoms with van der Waals surface area (Å²) >= 11 is 0. The lowest BCUT2D eigenvalue weighted by molar-refractivity contribution is 0.344. The maximum atomic E-state index is 5.85. The van der Waals surface area contributed by atoms with E-state index in [1.165, 1.54) is 48.9 Å². The lowest BCUT2D eigenvalue weighted by atomic mass is 10.1. The quantitative estimate of drug-likeness (QED) is 0.794. The van der Waals surface area contributed by atoms with Crippen LogP contribution >= 0.6 is 0 Å². The Hall–Kier alpha value is -1.48. The van der Waals surface area contributed by atoms with Crippen molar-refractivity contribution in [2.24, 2.45) is 0 Å². The van der Waals surface area contributed by atoms with Crippen LogP contribution in [0.1, 0.15) is 18.4 Å². The van der Waals surface area contributed by atoms with E-state index in [1.54, 1.807) is 0 Å². The van der Waals surface area contributed by atoms with Crippen molar-refractivity contribution in [1.82, 2.24) is 9.88 Å². The fraction of sp³-hybridized carbons (Fsp3) is 0.429. The van der Waals surface area contributed by atoms with E-state index < -0.39 is 0 Å². The number of nitrogens with two attached hydrogens (primary N) is 1. The molecule has 0 bridgehead atoms. The van der Waals surface area contributed by atoms with Crippen molar-refractivity contribution in [3.8, 4) is 0 Å². The molecule has 2 aromatic rings. The average molecular weight is 229 g/mol. The molecule has 0 unspecified atom stereocenters. The third-order valence-electron chi connectivity index (χ3n) is 3.69. The summed E-state index contributed by atoms with van der Waals surface area (Å²) < 4.78 is 0. The number of aromatic amines is 1. The van der Waals surface area contributed by atoms with Gasteiger partial charge in [-0.25, -0.2) is 0 Å². The van der Waals surface area contributed by atoms with Crippen LogP contribution in [0.15, 0.2) is 24.4 Å². The van der Waals surface area contributed by atoms with Gasteiger partial charge in [-0.1, -0.05) is 0 Å². The first-order valence-electron chi connectivity index (χ1n) is 6.41. The van der Waals surface area contributed by atoms with Crippen molar-refractivity contribution in [3.05, 3.63) is 30.0 Å². The van der Waals surface area contributed by atoms with Gasteiger partial charge >= 0.3 is 0 Å². The highest BCUT2D eigenvalue weighted by Gasteiger charge is 2.12. The lowest BCUT2D eigenvalue weighted by Gasteiger charge is -2.13. The van der Waals surface area contributed by atoms with Crippen LogP contribution in [-0.4, -0.2) is 29.5 Å². The molecule has 1 fully saturated rings. The first-order valence-corrected chi connectivity index (χ1v) is 6.41. The number of hydrogen-bond acceptors (Lipinski definition) is 2. The number of rotatable bonds is 3. The topological polar surface area (TPSA) is 45.1 Å². The summed E-state index contributed by atoms with van der Waals surface area (Å²) in [7, 11) is 0. The molecule has 1 aliphatic rings. The fourth-order valence-corrected chi connectivity index (χ4v) is 2.69. The molecule has 3 heteroatoms. The summed E-state index contributed by atoms with van der Waals surface area (Å²) in [5.74, 6) is 0. The van der Waals surface area contributed by atoms with E-state index in [9.17, 15) is 0 Å². The second-order valence-corrected chi connectivity index (χ2v) is 4.92. The molecule has 17 heavy (non-hydrogen) atoms. The normalized spacial score (nSPS) is 16.9. The first-order chi connectivity index (χ1) is 8.33. The first kappa shape index (κ1) is 10.7. The van der Waals surface area contributed by atoms with Crippen molar-refractivity contribution in [2.45, 2.75) is 19.3 Å². The van der Waals surface area contributed by atoms with Crippen molar-refractivity contribution in [1.29, 1.82) is 0 Å². The molecule has 3 rings (SSSR count). The molecule has 0 atom stereocenters. The Balaban J connectivity index is 1.77. The second-order valence-electron chi connectivity index (χ2n) is 4.92. The predicted molar refractivity (Wildman–Crippen MR) is 72.1 cm³/mol. The van der Waals surface area contributed by atoms with E-state index in [2.05, 4.69) is 28.2 Å². The fourth-order valence-electron chi connectivity index (χ4n) is 2.69. The molecule has 1 aromatic carbocycles. The van der Waals surface area contributed by atoms with Crippen LogP contribution < -0.4 is 5.73 Å². The number of fused-ring (bicyclic) bond motifs is 1. The number of nitrogens with one attached hydrogen (secondary N) is 1. The summed E-state index contributed by atoms with van der Waals surface area (Å²) in [5, 5.41) is 1.28. The number of benzene rings is 1. The number of aromatic nitrogens is 1. The van der Waals surface area contributed by atoms with Gasteiger partial charge in [0.05, 0.1) is 0 Å². The molecule has 0 amide bonds. The Bertz CT molecular complexity index is 509. The Labute approximate surface area is 102 Å². The second kappa shape index (κ2) is 4.41. The van der Waals surface area contributed by atoms with Crippen LogP contribution in [0.4, 0.5) is 5.69 Å². The molecule has 3 nitrogen and oxygen atoms in total. The van der Waals surface area contributed by atoms with Gasteiger partial charge in [-0.2, -0.15) is 0 Å². The molecule has 0 spiro atoms. The molecule has 0 saturated carbocycles. The zero-order valence-electron chi connectivity index (χ0n) is 10.1. The van der Waals surface area contributed by atoms with Gasteiger partial charge in [0.25, 0.3) is 0 Å². The largest absolute Gasteiger partial charge is 0.399 e. The maximum Gasteiger partial charge on any atom is 0.0458 e. The number of anilines is 1. The highest BCUT2D eigenvalue weighted by molar-refractivity contribution is 5.86. The summed E-state index contributed by atoms with van der Waals surface area (Å²) in [5.41, 5.74) is 9.27. The minimum absolute atomic E-state index is 0.847. The summed E-state index contributed by atoms with van der Waals surface area (Å²) in [6.45, 7) is 3.71. The summed E-state index contributed by atoms with van der Waals surface area (Å²) in [6.07, 6.45) is 5.96. The lowest BCUT2D eigenvalue weighted by Crippen LogP contribution is -2.21.